The van der Waals surface area contributed by atoms with Crippen molar-refractivity contribution in [3.8, 4) is 5.75 Å². The average Bonchev–Trinajstić information content (AvgIpc) is 2.68. The predicted molar refractivity (Wildman–Crippen MR) is 62.7 cm³/mol. The molecule has 86 valence electrons. The summed E-state index contributed by atoms with van der Waals surface area (Å²) in [4.78, 5) is 0. The molecule has 1 heterocycles. The number of hydrogen-bond donors (Lipinski definition) is 0. The van der Waals surface area contributed by atoms with E-state index in [0.29, 0.717) is 6.10 Å². The second-order valence-electron chi connectivity index (χ2n) is 4.93. The van der Waals surface area contributed by atoms with Gasteiger partial charge in [-0.2, -0.15) is 0 Å². The lowest BCUT2D eigenvalue weighted by Gasteiger charge is -2.39. The fourth-order valence-electron chi connectivity index (χ4n) is 3.02. The summed E-state index contributed by atoms with van der Waals surface area (Å²) in [5.41, 5.74) is 1.40. The van der Waals surface area contributed by atoms with E-state index in [2.05, 4.69) is 12.1 Å². The molecule has 0 spiro atoms. The lowest BCUT2D eigenvalue weighted by Crippen LogP contribution is -2.40. The van der Waals surface area contributed by atoms with Crippen LogP contribution in [0.5, 0.6) is 5.75 Å². The Morgan fingerprint density at radius 3 is 2.81 bits per heavy atom. The highest BCUT2D eigenvalue weighted by Crippen LogP contribution is 2.44. The SMILES string of the molecule is COc1ccc(C[C@H]2C[C@H]3CCO[C@H]32)cc1. The van der Waals surface area contributed by atoms with Gasteiger partial charge in [0.25, 0.3) is 0 Å². The Balaban J connectivity index is 1.61. The van der Waals surface area contributed by atoms with Crippen LogP contribution in [0.25, 0.3) is 0 Å². The lowest BCUT2D eigenvalue weighted by atomic mass is 9.69. The van der Waals surface area contributed by atoms with E-state index in [4.69, 9.17) is 9.47 Å². The van der Waals surface area contributed by atoms with Crippen molar-refractivity contribution in [3.05, 3.63) is 29.8 Å². The van der Waals surface area contributed by atoms with Crippen LogP contribution in [0.1, 0.15) is 18.4 Å². The Morgan fingerprint density at radius 1 is 1.31 bits per heavy atom. The maximum atomic E-state index is 5.76. The van der Waals surface area contributed by atoms with Gasteiger partial charge >= 0.3 is 0 Å². The van der Waals surface area contributed by atoms with Crippen LogP contribution in [-0.2, 0) is 11.2 Å². The first kappa shape index (κ1) is 10.2. The third-order valence-corrected chi connectivity index (χ3v) is 3.99. The zero-order chi connectivity index (χ0) is 11.0. The number of rotatable bonds is 3. The molecule has 3 atom stereocenters. The highest BCUT2D eigenvalue weighted by atomic mass is 16.5. The van der Waals surface area contributed by atoms with Crippen molar-refractivity contribution in [1.82, 2.24) is 0 Å². The van der Waals surface area contributed by atoms with Crippen molar-refractivity contribution < 1.29 is 9.47 Å². The summed E-state index contributed by atoms with van der Waals surface area (Å²) >= 11 is 0. The number of methoxy groups -OCH3 is 1. The fraction of sp³-hybridized carbons (Fsp3) is 0.571. The van der Waals surface area contributed by atoms with E-state index in [9.17, 15) is 0 Å². The number of ether oxygens (including phenoxy) is 2. The standard InChI is InChI=1S/C14H18O2/c1-15-13-4-2-10(3-5-13)8-12-9-11-6-7-16-14(11)12/h2-5,11-12,14H,6-9H2,1H3/t11-,12+,14-/m1/s1. The summed E-state index contributed by atoms with van der Waals surface area (Å²) in [5, 5.41) is 0. The van der Waals surface area contributed by atoms with Gasteiger partial charge in [-0.15, -0.1) is 0 Å². The van der Waals surface area contributed by atoms with Crippen LogP contribution in [0, 0.1) is 11.8 Å². The minimum absolute atomic E-state index is 0.558. The van der Waals surface area contributed by atoms with E-state index in [1.807, 2.05) is 12.1 Å². The smallest absolute Gasteiger partial charge is 0.118 e. The number of fused-ring (bicyclic) bond motifs is 1. The molecule has 0 radical (unpaired) electrons. The van der Waals surface area contributed by atoms with Crippen molar-refractivity contribution in [2.45, 2.75) is 25.4 Å². The summed E-state index contributed by atoms with van der Waals surface area (Å²) in [6.45, 7) is 0.981. The summed E-state index contributed by atoms with van der Waals surface area (Å²) in [6.07, 6.45) is 4.35. The second kappa shape index (κ2) is 4.10. The summed E-state index contributed by atoms with van der Waals surface area (Å²) in [5.74, 6) is 2.55. The quantitative estimate of drug-likeness (QED) is 0.776. The predicted octanol–water partition coefficient (Wildman–Crippen LogP) is 2.66. The van der Waals surface area contributed by atoms with Gasteiger partial charge in [0.05, 0.1) is 13.2 Å². The molecule has 1 aliphatic heterocycles. The Bertz CT molecular complexity index is 358. The van der Waals surface area contributed by atoms with Gasteiger partial charge < -0.3 is 9.47 Å². The molecule has 1 aromatic carbocycles. The Hall–Kier alpha value is -1.02. The number of hydrogen-bond acceptors (Lipinski definition) is 2. The maximum absolute atomic E-state index is 5.76. The molecule has 16 heavy (non-hydrogen) atoms. The van der Waals surface area contributed by atoms with Gasteiger partial charge in [0, 0.05) is 6.61 Å². The van der Waals surface area contributed by atoms with Crippen molar-refractivity contribution in [1.29, 1.82) is 0 Å². The van der Waals surface area contributed by atoms with Crippen LogP contribution in [0.3, 0.4) is 0 Å². The van der Waals surface area contributed by atoms with E-state index in [1.54, 1.807) is 7.11 Å². The van der Waals surface area contributed by atoms with Crippen LogP contribution < -0.4 is 4.74 Å². The average molecular weight is 218 g/mol. The van der Waals surface area contributed by atoms with E-state index in [0.717, 1.165) is 30.6 Å². The minimum atomic E-state index is 0.558. The molecule has 1 saturated heterocycles. The Morgan fingerprint density at radius 2 is 2.12 bits per heavy atom. The fourth-order valence-corrected chi connectivity index (χ4v) is 3.02. The van der Waals surface area contributed by atoms with Crippen molar-refractivity contribution >= 4 is 0 Å². The Kier molecular flexibility index (Phi) is 2.60. The largest absolute Gasteiger partial charge is 0.497 e. The topological polar surface area (TPSA) is 18.5 Å². The third kappa shape index (κ3) is 1.71. The van der Waals surface area contributed by atoms with Crippen molar-refractivity contribution in [2.24, 2.45) is 11.8 Å². The van der Waals surface area contributed by atoms with Crippen LogP contribution in [0.2, 0.25) is 0 Å². The van der Waals surface area contributed by atoms with Gasteiger partial charge in [-0.25, -0.2) is 0 Å². The molecule has 0 unspecified atom stereocenters. The van der Waals surface area contributed by atoms with Gasteiger partial charge in [0.1, 0.15) is 5.75 Å². The summed E-state index contributed by atoms with van der Waals surface area (Å²) < 4.78 is 10.9. The molecule has 0 amide bonds. The zero-order valence-electron chi connectivity index (χ0n) is 9.69. The molecule has 0 bridgehead atoms. The molecule has 1 aromatic rings. The maximum Gasteiger partial charge on any atom is 0.118 e. The normalized spacial score (nSPS) is 31.9. The van der Waals surface area contributed by atoms with Crippen molar-refractivity contribution in [3.63, 3.8) is 0 Å². The molecule has 2 heteroatoms. The molecule has 1 aliphatic carbocycles. The molecular weight excluding hydrogens is 200 g/mol. The summed E-state index contributed by atoms with van der Waals surface area (Å²) in [6, 6.07) is 8.42. The highest BCUT2D eigenvalue weighted by Gasteiger charge is 2.44. The van der Waals surface area contributed by atoms with Gasteiger partial charge in [-0.3, -0.25) is 0 Å². The van der Waals surface area contributed by atoms with Crippen LogP contribution >= 0.6 is 0 Å². The molecule has 2 nitrogen and oxygen atoms in total. The highest BCUT2D eigenvalue weighted by molar-refractivity contribution is 5.27. The lowest BCUT2D eigenvalue weighted by molar-refractivity contribution is -0.0254. The van der Waals surface area contributed by atoms with Gasteiger partial charge in [-0.1, -0.05) is 12.1 Å². The van der Waals surface area contributed by atoms with Crippen LogP contribution in [-0.4, -0.2) is 19.8 Å². The minimum Gasteiger partial charge on any atom is -0.497 e. The zero-order valence-corrected chi connectivity index (χ0v) is 9.69. The van der Waals surface area contributed by atoms with E-state index in [1.165, 1.54) is 18.4 Å². The molecule has 1 saturated carbocycles. The first-order valence-corrected chi connectivity index (χ1v) is 6.11. The molecule has 0 aromatic heterocycles. The first-order valence-electron chi connectivity index (χ1n) is 6.11. The van der Waals surface area contributed by atoms with E-state index < -0.39 is 0 Å². The molecule has 0 N–H and O–H groups in total. The van der Waals surface area contributed by atoms with Gasteiger partial charge in [0.15, 0.2) is 0 Å². The van der Waals surface area contributed by atoms with E-state index in [-0.39, 0.29) is 0 Å². The first-order chi connectivity index (χ1) is 7.86. The molecule has 2 fully saturated rings. The third-order valence-electron chi connectivity index (χ3n) is 3.99. The van der Waals surface area contributed by atoms with Crippen LogP contribution in [0.15, 0.2) is 24.3 Å². The second-order valence-corrected chi connectivity index (χ2v) is 4.93. The van der Waals surface area contributed by atoms with Crippen molar-refractivity contribution in [2.75, 3.05) is 13.7 Å². The van der Waals surface area contributed by atoms with Crippen LogP contribution in [0.4, 0.5) is 0 Å². The van der Waals surface area contributed by atoms with Gasteiger partial charge in [0.2, 0.25) is 0 Å². The van der Waals surface area contributed by atoms with Gasteiger partial charge in [-0.05, 0) is 48.8 Å². The number of benzene rings is 1. The molecule has 2 aliphatic rings. The monoisotopic (exact) mass is 218 g/mol. The Labute approximate surface area is 96.6 Å². The molecule has 3 rings (SSSR count). The van der Waals surface area contributed by atoms with E-state index >= 15 is 0 Å². The summed E-state index contributed by atoms with van der Waals surface area (Å²) in [7, 11) is 1.71. The molecular formula is C14H18O2.